The third kappa shape index (κ3) is 5.57. The van der Waals surface area contributed by atoms with Crippen molar-refractivity contribution in [3.8, 4) is 0 Å². The second kappa shape index (κ2) is 6.61. The second-order valence-electron chi connectivity index (χ2n) is 3.05. The maximum Gasteiger partial charge on any atom is 0.404 e. The van der Waals surface area contributed by atoms with Gasteiger partial charge in [-0.15, -0.1) is 0 Å². The van der Waals surface area contributed by atoms with Crippen molar-refractivity contribution in [3.05, 3.63) is 12.2 Å². The van der Waals surface area contributed by atoms with E-state index in [0.29, 0.717) is 12.3 Å². The van der Waals surface area contributed by atoms with E-state index < -0.39 is 12.2 Å². The van der Waals surface area contributed by atoms with E-state index in [0.717, 1.165) is 0 Å². The fraction of sp³-hybridized carbons (Fsp3) is 0.700. The Morgan fingerprint density at radius 2 is 2.13 bits per heavy atom. The van der Waals surface area contributed by atoms with Crippen molar-refractivity contribution in [2.24, 2.45) is 4.99 Å². The lowest BCUT2D eigenvalue weighted by Gasteiger charge is -2.19. The zero-order valence-corrected chi connectivity index (χ0v) is 9.23. The molecule has 0 heterocycles. The molecule has 5 heteroatoms. The molecular formula is C10H19F3N2. The van der Waals surface area contributed by atoms with E-state index in [2.05, 4.69) is 10.3 Å². The van der Waals surface area contributed by atoms with Gasteiger partial charge in [0.15, 0.2) is 0 Å². The van der Waals surface area contributed by atoms with Gasteiger partial charge in [-0.2, -0.15) is 13.2 Å². The zero-order valence-electron chi connectivity index (χ0n) is 9.23. The first-order chi connectivity index (χ1) is 6.95. The molecule has 0 aromatic rings. The van der Waals surface area contributed by atoms with Crippen molar-refractivity contribution in [1.29, 1.82) is 0 Å². The molecule has 1 unspecified atom stereocenters. The summed E-state index contributed by atoms with van der Waals surface area (Å²) in [5.41, 5.74) is 0.469. The number of aliphatic imine (C=N–C) groups is 1. The van der Waals surface area contributed by atoms with E-state index >= 15 is 0 Å². The summed E-state index contributed by atoms with van der Waals surface area (Å²) < 4.78 is 37.3. The molecule has 0 aliphatic rings. The Bertz CT molecular complexity index is 237. The van der Waals surface area contributed by atoms with Crippen LogP contribution < -0.4 is 5.32 Å². The van der Waals surface area contributed by atoms with Crippen LogP contribution in [0.4, 0.5) is 13.2 Å². The van der Waals surface area contributed by atoms with Gasteiger partial charge in [-0.3, -0.25) is 4.99 Å². The molecule has 15 heavy (non-hydrogen) atoms. The van der Waals surface area contributed by atoms with Crippen LogP contribution in [-0.4, -0.2) is 31.5 Å². The zero-order chi connectivity index (χ0) is 11.9. The molecule has 0 bridgehead atoms. The highest BCUT2D eigenvalue weighted by Gasteiger charge is 2.38. The van der Waals surface area contributed by atoms with Gasteiger partial charge in [-0.1, -0.05) is 6.08 Å². The Hall–Kier alpha value is -0.840. The van der Waals surface area contributed by atoms with Crippen LogP contribution >= 0.6 is 0 Å². The molecule has 0 aromatic heterocycles. The molecule has 1 N–H and O–H groups in total. The number of hydrogen-bond acceptors (Lipinski definition) is 2. The van der Waals surface area contributed by atoms with Gasteiger partial charge in [0, 0.05) is 20.1 Å². The van der Waals surface area contributed by atoms with Crippen LogP contribution in [-0.2, 0) is 0 Å². The standard InChI is InChI=1S/C10H17F3N2.H2/c1-4-6-8(15-5-2)7-9(14-3)10(11,12)13;/h4,6,9,14H,5,7H2,1-3H3;1H/b6-4-,15-8?;. The first kappa shape index (κ1) is 14.2. The van der Waals surface area contributed by atoms with Crippen LogP contribution in [0.25, 0.3) is 0 Å². The largest absolute Gasteiger partial charge is 0.404 e. The summed E-state index contributed by atoms with van der Waals surface area (Å²) in [5.74, 6) is 0. The van der Waals surface area contributed by atoms with Crippen molar-refractivity contribution >= 4 is 5.71 Å². The van der Waals surface area contributed by atoms with E-state index in [1.54, 1.807) is 26.0 Å². The minimum atomic E-state index is -4.23. The summed E-state index contributed by atoms with van der Waals surface area (Å²) in [5, 5.41) is 2.25. The number of halogens is 3. The van der Waals surface area contributed by atoms with E-state index in [1.165, 1.54) is 7.05 Å². The SMILES string of the molecule is C/C=C\C(CC(NC)C(F)(F)F)=NCC.[HH]. The van der Waals surface area contributed by atoms with Crippen molar-refractivity contribution < 1.29 is 14.6 Å². The summed E-state index contributed by atoms with van der Waals surface area (Å²) in [4.78, 5) is 4.00. The molecule has 90 valence electrons. The molecule has 0 aliphatic heterocycles. The maximum absolute atomic E-state index is 12.4. The third-order valence-corrected chi connectivity index (χ3v) is 1.88. The molecule has 0 amide bonds. The summed E-state index contributed by atoms with van der Waals surface area (Å²) in [7, 11) is 1.30. The molecule has 0 fully saturated rings. The van der Waals surface area contributed by atoms with Crippen LogP contribution in [0.5, 0.6) is 0 Å². The molecule has 2 nitrogen and oxygen atoms in total. The fourth-order valence-corrected chi connectivity index (χ4v) is 1.17. The Morgan fingerprint density at radius 3 is 2.47 bits per heavy atom. The van der Waals surface area contributed by atoms with Crippen molar-refractivity contribution in [2.45, 2.75) is 32.5 Å². The van der Waals surface area contributed by atoms with E-state index in [1.807, 2.05) is 0 Å². The number of nitrogens with zero attached hydrogens (tertiary/aromatic N) is 1. The van der Waals surface area contributed by atoms with Gasteiger partial charge in [0.25, 0.3) is 0 Å². The van der Waals surface area contributed by atoms with Gasteiger partial charge >= 0.3 is 6.18 Å². The number of allylic oxidation sites excluding steroid dienone is 2. The van der Waals surface area contributed by atoms with Gasteiger partial charge < -0.3 is 5.32 Å². The van der Waals surface area contributed by atoms with Gasteiger partial charge in [0.1, 0.15) is 6.04 Å². The normalized spacial score (nSPS) is 16.0. The van der Waals surface area contributed by atoms with E-state index in [9.17, 15) is 13.2 Å². The third-order valence-electron chi connectivity index (χ3n) is 1.88. The highest BCUT2D eigenvalue weighted by molar-refractivity contribution is 5.95. The van der Waals surface area contributed by atoms with Crippen LogP contribution in [0, 0.1) is 0 Å². The molecule has 0 radical (unpaired) electrons. The molecule has 1 atom stereocenters. The molecule has 0 rings (SSSR count). The first-order valence-electron chi connectivity index (χ1n) is 4.85. The average molecular weight is 224 g/mol. The predicted molar refractivity (Wildman–Crippen MR) is 58.4 cm³/mol. The smallest absolute Gasteiger partial charge is 0.309 e. The van der Waals surface area contributed by atoms with E-state index in [4.69, 9.17) is 0 Å². The van der Waals surface area contributed by atoms with Gasteiger partial charge in [0.2, 0.25) is 0 Å². The van der Waals surface area contributed by atoms with Gasteiger partial charge in [0.05, 0.1) is 0 Å². The Balaban J connectivity index is 0. The van der Waals surface area contributed by atoms with Gasteiger partial charge in [-0.05, 0) is 27.0 Å². The molecular weight excluding hydrogens is 205 g/mol. The number of nitrogens with one attached hydrogen (secondary N) is 1. The van der Waals surface area contributed by atoms with Crippen LogP contribution in [0.15, 0.2) is 17.1 Å². The van der Waals surface area contributed by atoms with Crippen LogP contribution in [0.1, 0.15) is 21.7 Å². The minimum Gasteiger partial charge on any atom is -0.309 e. The second-order valence-corrected chi connectivity index (χ2v) is 3.05. The topological polar surface area (TPSA) is 24.4 Å². The number of rotatable bonds is 5. The lowest BCUT2D eigenvalue weighted by molar-refractivity contribution is -0.152. The van der Waals surface area contributed by atoms with Crippen molar-refractivity contribution in [2.75, 3.05) is 13.6 Å². The highest BCUT2D eigenvalue weighted by Crippen LogP contribution is 2.22. The van der Waals surface area contributed by atoms with Crippen molar-refractivity contribution in [3.63, 3.8) is 0 Å². The summed E-state index contributed by atoms with van der Waals surface area (Å²) in [6.45, 7) is 4.05. The fourth-order valence-electron chi connectivity index (χ4n) is 1.17. The quantitative estimate of drug-likeness (QED) is 0.713. The monoisotopic (exact) mass is 224 g/mol. The van der Waals surface area contributed by atoms with E-state index in [-0.39, 0.29) is 7.85 Å². The maximum atomic E-state index is 12.4. The number of alkyl halides is 3. The summed E-state index contributed by atoms with van der Waals surface area (Å²) in [6.07, 6.45) is -1.06. The Labute approximate surface area is 89.8 Å². The molecule has 0 saturated heterocycles. The Kier molecular flexibility index (Phi) is 6.24. The minimum absolute atomic E-state index is 0. The molecule has 0 spiro atoms. The lowest BCUT2D eigenvalue weighted by Crippen LogP contribution is -2.41. The molecule has 0 saturated carbocycles. The van der Waals surface area contributed by atoms with Crippen LogP contribution in [0.2, 0.25) is 0 Å². The van der Waals surface area contributed by atoms with Crippen molar-refractivity contribution in [1.82, 2.24) is 5.32 Å². The summed E-state index contributed by atoms with van der Waals surface area (Å²) in [6, 6.07) is -1.53. The van der Waals surface area contributed by atoms with Crippen LogP contribution in [0.3, 0.4) is 0 Å². The lowest BCUT2D eigenvalue weighted by atomic mass is 10.1. The summed E-state index contributed by atoms with van der Waals surface area (Å²) >= 11 is 0. The Morgan fingerprint density at radius 1 is 1.53 bits per heavy atom. The molecule has 0 aliphatic carbocycles. The highest BCUT2D eigenvalue weighted by atomic mass is 19.4. The average Bonchev–Trinajstić information content (AvgIpc) is 2.12. The predicted octanol–water partition coefficient (Wildman–Crippen LogP) is 2.81. The first-order valence-corrected chi connectivity index (χ1v) is 4.85. The van der Waals surface area contributed by atoms with Gasteiger partial charge in [-0.25, -0.2) is 0 Å². The number of hydrogen-bond donors (Lipinski definition) is 1. The molecule has 0 aromatic carbocycles.